The van der Waals surface area contributed by atoms with Gasteiger partial charge in [-0.25, -0.2) is 4.39 Å². The Morgan fingerprint density at radius 3 is 2.30 bits per heavy atom. The van der Waals surface area contributed by atoms with E-state index in [2.05, 4.69) is 17.0 Å². The summed E-state index contributed by atoms with van der Waals surface area (Å²) in [5.74, 6) is 1.59. The summed E-state index contributed by atoms with van der Waals surface area (Å²) in [6.07, 6.45) is 7.66. The Morgan fingerprint density at radius 1 is 1.10 bits per heavy atom. The maximum Gasteiger partial charge on any atom is 0.226 e. The highest BCUT2D eigenvalue weighted by Gasteiger charge is 2.45. The van der Waals surface area contributed by atoms with Crippen molar-refractivity contribution in [3.63, 3.8) is 0 Å². The first kappa shape index (κ1) is 21.3. The number of nitrogens with two attached hydrogens (primary N) is 1. The molecule has 0 radical (unpaired) electrons. The second-order valence-corrected chi connectivity index (χ2v) is 9.13. The van der Waals surface area contributed by atoms with E-state index in [4.69, 9.17) is 10.5 Å². The molecule has 3 fully saturated rings. The van der Waals surface area contributed by atoms with Gasteiger partial charge in [0, 0.05) is 30.1 Å². The molecule has 3 N–H and O–H groups in total. The molecule has 1 aromatic carbocycles. The van der Waals surface area contributed by atoms with Crippen molar-refractivity contribution < 1.29 is 19.0 Å². The Bertz CT molecular complexity index is 744. The zero-order valence-electron chi connectivity index (χ0n) is 17.5. The van der Waals surface area contributed by atoms with Gasteiger partial charge in [0.25, 0.3) is 0 Å². The summed E-state index contributed by atoms with van der Waals surface area (Å²) < 4.78 is 18.2. The van der Waals surface area contributed by atoms with E-state index in [1.807, 2.05) is 12.1 Å². The molecule has 2 unspecified atom stereocenters. The van der Waals surface area contributed by atoms with Crippen LogP contribution in [0.3, 0.4) is 0 Å². The topological polar surface area (TPSA) is 75.8 Å². The minimum atomic E-state index is -0.224. The lowest BCUT2D eigenvalue weighted by molar-refractivity contribution is -0.142. The number of amides is 1. The molecular weight excluding hydrogens is 383 g/mol. The lowest BCUT2D eigenvalue weighted by Crippen LogP contribution is -2.49. The van der Waals surface area contributed by atoms with Crippen molar-refractivity contribution in [3.05, 3.63) is 41.7 Å². The molecule has 1 aliphatic carbocycles. The summed E-state index contributed by atoms with van der Waals surface area (Å²) in [6, 6.07) is 8.75. The number of aliphatic hydroxyl groups excluding tert-OH is 1. The van der Waals surface area contributed by atoms with Crippen LogP contribution in [-0.4, -0.2) is 47.3 Å². The maximum atomic E-state index is 13.2. The number of halogens is 1. The number of carbonyl (C=O) groups is 1. The maximum absolute atomic E-state index is 13.2. The molecule has 2 saturated heterocycles. The van der Waals surface area contributed by atoms with Crippen molar-refractivity contribution >= 4 is 5.91 Å². The summed E-state index contributed by atoms with van der Waals surface area (Å²) in [6.45, 7) is 0.311. The van der Waals surface area contributed by atoms with Crippen molar-refractivity contribution in [1.29, 1.82) is 0 Å². The standard InChI is InChI=1S/C24H33FN2O3/c25-13-16(14-26)15-30-23-9-3-17(4-10-23)19-11-20-5-6-21(12-19)27(20)24(29)18-1-7-22(28)8-2-18/h3-4,9-10,13,18-22,28H,1-2,5-8,11-12,14-15,26H2/b16-13+. The zero-order chi connectivity index (χ0) is 21.1. The molecule has 2 bridgehead atoms. The molecule has 2 atom stereocenters. The molecule has 164 valence electrons. The molecule has 1 saturated carbocycles. The van der Waals surface area contributed by atoms with Crippen LogP contribution in [0.4, 0.5) is 4.39 Å². The molecule has 0 spiro atoms. The van der Waals surface area contributed by atoms with Crippen molar-refractivity contribution in [2.24, 2.45) is 11.7 Å². The van der Waals surface area contributed by atoms with Gasteiger partial charge in [0.1, 0.15) is 12.4 Å². The largest absolute Gasteiger partial charge is 0.489 e. The van der Waals surface area contributed by atoms with Gasteiger partial charge in [-0.05, 0) is 75.0 Å². The summed E-state index contributed by atoms with van der Waals surface area (Å²) in [5, 5.41) is 9.74. The van der Waals surface area contributed by atoms with Crippen molar-refractivity contribution in [2.75, 3.05) is 13.2 Å². The summed E-state index contributed by atoms with van der Waals surface area (Å²) >= 11 is 0. The van der Waals surface area contributed by atoms with Crippen LogP contribution in [0.15, 0.2) is 36.2 Å². The van der Waals surface area contributed by atoms with E-state index < -0.39 is 0 Å². The molecule has 2 aliphatic heterocycles. The molecular formula is C24H33FN2O3. The molecule has 1 amide bonds. The number of benzene rings is 1. The van der Waals surface area contributed by atoms with Gasteiger partial charge in [0.05, 0.1) is 12.4 Å². The minimum Gasteiger partial charge on any atom is -0.489 e. The molecule has 3 aliphatic rings. The van der Waals surface area contributed by atoms with Crippen molar-refractivity contribution in [2.45, 2.75) is 75.5 Å². The lowest BCUT2D eigenvalue weighted by atomic mass is 9.82. The summed E-state index contributed by atoms with van der Waals surface area (Å²) in [7, 11) is 0. The summed E-state index contributed by atoms with van der Waals surface area (Å²) in [4.78, 5) is 15.4. The van der Waals surface area contributed by atoms with E-state index in [0.29, 0.717) is 41.6 Å². The second kappa shape index (κ2) is 9.48. The fourth-order valence-electron chi connectivity index (χ4n) is 5.49. The molecule has 5 nitrogen and oxygen atoms in total. The number of hydrogen-bond donors (Lipinski definition) is 2. The second-order valence-electron chi connectivity index (χ2n) is 9.13. The predicted molar refractivity (Wildman–Crippen MR) is 114 cm³/mol. The minimum absolute atomic E-state index is 0.0984. The van der Waals surface area contributed by atoms with Gasteiger partial charge >= 0.3 is 0 Å². The Morgan fingerprint density at radius 2 is 1.73 bits per heavy atom. The van der Waals surface area contributed by atoms with Gasteiger partial charge in [-0.2, -0.15) is 0 Å². The SMILES string of the molecule is NC/C(=C\F)COc1ccc(C2CC3CCC(C2)N3C(=O)C2CCC(O)CC2)cc1. The predicted octanol–water partition coefficient (Wildman–Crippen LogP) is 3.67. The molecule has 1 aromatic rings. The van der Waals surface area contributed by atoms with Gasteiger partial charge in [-0.15, -0.1) is 0 Å². The highest BCUT2D eigenvalue weighted by Crippen LogP contribution is 2.44. The third-order valence-corrected chi connectivity index (χ3v) is 7.23. The van der Waals surface area contributed by atoms with E-state index >= 15 is 0 Å². The number of piperidine rings is 1. The van der Waals surface area contributed by atoms with Crippen LogP contribution >= 0.6 is 0 Å². The van der Waals surface area contributed by atoms with E-state index in [1.165, 1.54) is 5.56 Å². The first-order valence-corrected chi connectivity index (χ1v) is 11.3. The van der Waals surface area contributed by atoms with Gasteiger partial charge in [0.15, 0.2) is 0 Å². The molecule has 6 heteroatoms. The third-order valence-electron chi connectivity index (χ3n) is 7.23. The lowest BCUT2D eigenvalue weighted by Gasteiger charge is -2.41. The monoisotopic (exact) mass is 416 g/mol. The van der Waals surface area contributed by atoms with E-state index in [0.717, 1.165) is 51.4 Å². The number of hydrogen-bond acceptors (Lipinski definition) is 4. The zero-order valence-corrected chi connectivity index (χ0v) is 17.5. The van der Waals surface area contributed by atoms with Crippen molar-refractivity contribution in [3.8, 4) is 5.75 Å². The highest BCUT2D eigenvalue weighted by atomic mass is 19.1. The number of ether oxygens (including phenoxy) is 1. The fraction of sp³-hybridized carbons (Fsp3) is 0.625. The fourth-order valence-corrected chi connectivity index (χ4v) is 5.49. The van der Waals surface area contributed by atoms with E-state index in [-0.39, 0.29) is 25.2 Å². The Kier molecular flexibility index (Phi) is 6.74. The first-order valence-electron chi connectivity index (χ1n) is 11.3. The number of rotatable bonds is 6. The highest BCUT2D eigenvalue weighted by molar-refractivity contribution is 5.80. The smallest absolute Gasteiger partial charge is 0.226 e. The Balaban J connectivity index is 1.35. The van der Waals surface area contributed by atoms with Gasteiger partial charge in [-0.3, -0.25) is 4.79 Å². The average molecular weight is 417 g/mol. The van der Waals surface area contributed by atoms with Crippen LogP contribution in [0, 0.1) is 5.92 Å². The van der Waals surface area contributed by atoms with Gasteiger partial charge in [-0.1, -0.05) is 12.1 Å². The number of fused-ring (bicyclic) bond motifs is 2. The molecule has 0 aromatic heterocycles. The number of carbonyl (C=O) groups excluding carboxylic acids is 1. The quantitative estimate of drug-likeness (QED) is 0.742. The van der Waals surface area contributed by atoms with Gasteiger partial charge in [0.2, 0.25) is 5.91 Å². The molecule has 4 rings (SSSR count). The summed E-state index contributed by atoms with van der Waals surface area (Å²) in [5.41, 5.74) is 7.17. The van der Waals surface area contributed by atoms with Crippen LogP contribution in [0.1, 0.15) is 62.8 Å². The van der Waals surface area contributed by atoms with Crippen LogP contribution in [-0.2, 0) is 4.79 Å². The molecule has 30 heavy (non-hydrogen) atoms. The molecule has 2 heterocycles. The number of aliphatic hydroxyl groups is 1. The van der Waals surface area contributed by atoms with E-state index in [9.17, 15) is 14.3 Å². The van der Waals surface area contributed by atoms with Gasteiger partial charge < -0.3 is 20.5 Å². The van der Waals surface area contributed by atoms with Crippen LogP contribution in [0.25, 0.3) is 0 Å². The Hall–Kier alpha value is -1.92. The average Bonchev–Trinajstić information content (AvgIpc) is 3.04. The van der Waals surface area contributed by atoms with Crippen LogP contribution in [0.5, 0.6) is 5.75 Å². The first-order chi connectivity index (χ1) is 14.6. The van der Waals surface area contributed by atoms with E-state index in [1.54, 1.807) is 0 Å². The van der Waals surface area contributed by atoms with Crippen molar-refractivity contribution in [1.82, 2.24) is 4.90 Å². The van der Waals surface area contributed by atoms with Crippen LogP contribution < -0.4 is 10.5 Å². The number of nitrogens with zero attached hydrogens (tertiary/aromatic N) is 1. The third kappa shape index (κ3) is 4.54. The normalized spacial score (nSPS) is 31.6. The van der Waals surface area contributed by atoms with Crippen LogP contribution in [0.2, 0.25) is 0 Å². The Labute approximate surface area is 178 Å².